The molecule has 31 heavy (non-hydrogen) atoms. The molecule has 2 heterocycles. The summed E-state index contributed by atoms with van der Waals surface area (Å²) in [6, 6.07) is -0.450. The summed E-state index contributed by atoms with van der Waals surface area (Å²) in [5.74, 6) is 0.190. The number of hydroxylamine groups is 1. The van der Waals surface area contributed by atoms with Crippen molar-refractivity contribution in [3.63, 3.8) is 0 Å². The first-order valence-corrected chi connectivity index (χ1v) is 12.5. The van der Waals surface area contributed by atoms with Crippen LogP contribution in [0.5, 0.6) is 0 Å². The molecule has 0 saturated heterocycles. The number of rotatable bonds is 11. The van der Waals surface area contributed by atoms with E-state index in [-0.39, 0.29) is 23.8 Å². The molecule has 1 saturated carbocycles. The number of nitrogens with one attached hydrogen (secondary N) is 2. The molecule has 174 valence electrons. The van der Waals surface area contributed by atoms with Gasteiger partial charge in [-0.1, -0.05) is 44.9 Å². The fourth-order valence-corrected chi connectivity index (χ4v) is 5.92. The number of carbonyl (C=O) groups is 1. The highest BCUT2D eigenvalue weighted by molar-refractivity contribution is 7.93. The Kier molecular flexibility index (Phi) is 8.12. The standard InChI is InChI=1S/C21H33N3O6S/c1-14-20(15(2)30-24-14)31(27,28)22-12-18-13-29-21(23-18)17(11-19(25)26)10-6-9-16-7-4-3-5-8-16/h13-14,16-17,22,24H,3-12H2,1-2H3,(H,25,26)/t14?,17-/m1/s1. The van der Waals surface area contributed by atoms with E-state index in [0.717, 1.165) is 18.8 Å². The molecule has 1 aliphatic heterocycles. The third-order valence-corrected chi connectivity index (χ3v) is 7.84. The Labute approximate surface area is 183 Å². The smallest absolute Gasteiger partial charge is 0.304 e. The minimum Gasteiger partial charge on any atom is -0.481 e. The number of carboxylic acids is 1. The van der Waals surface area contributed by atoms with E-state index in [4.69, 9.17) is 9.25 Å². The maximum Gasteiger partial charge on any atom is 0.304 e. The Morgan fingerprint density at radius 2 is 2.10 bits per heavy atom. The molecule has 3 rings (SSSR count). The van der Waals surface area contributed by atoms with E-state index in [9.17, 15) is 18.3 Å². The van der Waals surface area contributed by atoms with Crippen LogP contribution in [0.3, 0.4) is 0 Å². The molecule has 1 unspecified atom stereocenters. The van der Waals surface area contributed by atoms with Gasteiger partial charge in [0.2, 0.25) is 10.0 Å². The molecule has 2 aliphatic rings. The lowest BCUT2D eigenvalue weighted by molar-refractivity contribution is -0.137. The summed E-state index contributed by atoms with van der Waals surface area (Å²) in [5.41, 5.74) is 3.04. The van der Waals surface area contributed by atoms with Gasteiger partial charge in [-0.3, -0.25) is 4.79 Å². The van der Waals surface area contributed by atoms with Crippen LogP contribution in [-0.4, -0.2) is 30.5 Å². The molecule has 0 aromatic carbocycles. The maximum atomic E-state index is 12.6. The second-order valence-electron chi connectivity index (χ2n) is 8.59. The SMILES string of the molecule is CC1=C(S(=O)(=O)NCc2coc([C@H](CCCC3CCCCC3)CC(=O)O)n2)C(C)NO1. The number of allylic oxidation sites excluding steroid dienone is 1. The van der Waals surface area contributed by atoms with Crippen molar-refractivity contribution in [3.8, 4) is 0 Å². The van der Waals surface area contributed by atoms with Crippen LogP contribution in [-0.2, 0) is 26.2 Å². The maximum absolute atomic E-state index is 12.6. The lowest BCUT2D eigenvalue weighted by Crippen LogP contribution is -2.31. The van der Waals surface area contributed by atoms with Crippen molar-refractivity contribution < 1.29 is 27.6 Å². The molecule has 1 fully saturated rings. The predicted octanol–water partition coefficient (Wildman–Crippen LogP) is 3.56. The van der Waals surface area contributed by atoms with Gasteiger partial charge in [0.25, 0.3) is 0 Å². The van der Waals surface area contributed by atoms with E-state index in [1.54, 1.807) is 13.8 Å². The van der Waals surface area contributed by atoms with E-state index in [2.05, 4.69) is 15.2 Å². The summed E-state index contributed by atoms with van der Waals surface area (Å²) in [6.07, 6.45) is 10.5. The molecule has 1 aromatic rings. The molecule has 9 nitrogen and oxygen atoms in total. The summed E-state index contributed by atoms with van der Waals surface area (Å²) < 4.78 is 33.2. The minimum atomic E-state index is -3.75. The summed E-state index contributed by atoms with van der Waals surface area (Å²) in [6.45, 7) is 3.24. The molecule has 0 bridgehead atoms. The van der Waals surface area contributed by atoms with Crippen LogP contribution in [0.1, 0.15) is 89.1 Å². The lowest BCUT2D eigenvalue weighted by Gasteiger charge is -2.22. The first kappa shape index (κ1) is 23.7. The van der Waals surface area contributed by atoms with E-state index in [0.29, 0.717) is 23.8 Å². The topological polar surface area (TPSA) is 131 Å². The molecular formula is C21H33N3O6S. The van der Waals surface area contributed by atoms with E-state index < -0.39 is 22.0 Å². The third-order valence-electron chi connectivity index (χ3n) is 6.09. The van der Waals surface area contributed by atoms with Crippen LogP contribution in [0.4, 0.5) is 0 Å². The van der Waals surface area contributed by atoms with Gasteiger partial charge in [-0.15, -0.1) is 5.48 Å². The van der Waals surface area contributed by atoms with Gasteiger partial charge >= 0.3 is 5.97 Å². The molecule has 1 aromatic heterocycles. The van der Waals surface area contributed by atoms with Crippen molar-refractivity contribution in [2.45, 2.75) is 90.1 Å². The quantitative estimate of drug-likeness (QED) is 0.462. The van der Waals surface area contributed by atoms with Crippen molar-refractivity contribution >= 4 is 16.0 Å². The number of hydrogen-bond donors (Lipinski definition) is 3. The Morgan fingerprint density at radius 1 is 1.35 bits per heavy atom. The Morgan fingerprint density at radius 3 is 2.74 bits per heavy atom. The van der Waals surface area contributed by atoms with Crippen LogP contribution in [0.15, 0.2) is 21.3 Å². The van der Waals surface area contributed by atoms with Gasteiger partial charge < -0.3 is 14.4 Å². The molecular weight excluding hydrogens is 422 g/mol. The molecule has 1 aliphatic carbocycles. The Balaban J connectivity index is 1.58. The summed E-state index contributed by atoms with van der Waals surface area (Å²) >= 11 is 0. The monoisotopic (exact) mass is 455 g/mol. The van der Waals surface area contributed by atoms with Gasteiger partial charge in [0.15, 0.2) is 5.89 Å². The predicted molar refractivity (Wildman–Crippen MR) is 114 cm³/mol. The summed E-state index contributed by atoms with van der Waals surface area (Å²) in [5, 5.41) is 9.30. The van der Waals surface area contributed by atoms with Gasteiger partial charge in [0.1, 0.15) is 16.9 Å². The number of oxazole rings is 1. The molecule has 0 spiro atoms. The Hall–Kier alpha value is -1.91. The largest absolute Gasteiger partial charge is 0.481 e. The highest BCUT2D eigenvalue weighted by Gasteiger charge is 2.32. The summed E-state index contributed by atoms with van der Waals surface area (Å²) in [7, 11) is -3.75. The van der Waals surface area contributed by atoms with Gasteiger partial charge in [-0.05, 0) is 26.2 Å². The normalized spacial score (nSPS) is 21.3. The number of nitrogens with zero attached hydrogens (tertiary/aromatic N) is 1. The second kappa shape index (κ2) is 10.6. The zero-order chi connectivity index (χ0) is 22.4. The van der Waals surface area contributed by atoms with E-state index >= 15 is 0 Å². The van der Waals surface area contributed by atoms with Crippen molar-refractivity contribution in [1.82, 2.24) is 15.2 Å². The van der Waals surface area contributed by atoms with Gasteiger partial charge in [0.05, 0.1) is 24.7 Å². The van der Waals surface area contributed by atoms with E-state index in [1.165, 1.54) is 38.4 Å². The zero-order valence-corrected chi connectivity index (χ0v) is 19.0. The lowest BCUT2D eigenvalue weighted by atomic mass is 9.84. The highest BCUT2D eigenvalue weighted by atomic mass is 32.2. The minimum absolute atomic E-state index is 0.0444. The number of aromatic nitrogens is 1. The van der Waals surface area contributed by atoms with Crippen molar-refractivity contribution in [3.05, 3.63) is 28.5 Å². The van der Waals surface area contributed by atoms with Crippen molar-refractivity contribution in [2.75, 3.05) is 0 Å². The summed E-state index contributed by atoms with van der Waals surface area (Å²) in [4.78, 5) is 21.0. The highest BCUT2D eigenvalue weighted by Crippen LogP contribution is 2.31. The number of sulfonamides is 1. The molecule has 0 amide bonds. The fraction of sp³-hybridized carbons (Fsp3) is 0.714. The third kappa shape index (κ3) is 6.54. The van der Waals surface area contributed by atoms with Crippen LogP contribution < -0.4 is 10.2 Å². The molecule has 10 heteroatoms. The molecule has 0 radical (unpaired) electrons. The Bertz CT molecular complexity index is 889. The first-order valence-electron chi connectivity index (χ1n) is 11.0. The van der Waals surface area contributed by atoms with Crippen molar-refractivity contribution in [1.29, 1.82) is 0 Å². The average molecular weight is 456 g/mol. The van der Waals surface area contributed by atoms with Crippen LogP contribution in [0, 0.1) is 5.92 Å². The second-order valence-corrected chi connectivity index (χ2v) is 10.3. The average Bonchev–Trinajstić information content (AvgIpc) is 3.33. The van der Waals surface area contributed by atoms with Gasteiger partial charge in [-0.25, -0.2) is 18.1 Å². The van der Waals surface area contributed by atoms with Crippen LogP contribution in [0.2, 0.25) is 0 Å². The number of aliphatic carboxylic acids is 1. The number of carboxylic acid groups (broad SMARTS) is 1. The molecule has 3 N–H and O–H groups in total. The first-order chi connectivity index (χ1) is 14.8. The number of hydrogen-bond acceptors (Lipinski definition) is 7. The van der Waals surface area contributed by atoms with Crippen molar-refractivity contribution in [2.24, 2.45) is 5.92 Å². The van der Waals surface area contributed by atoms with Crippen LogP contribution >= 0.6 is 0 Å². The molecule has 2 atom stereocenters. The fourth-order valence-electron chi connectivity index (χ4n) is 4.50. The van der Waals surface area contributed by atoms with E-state index in [1.807, 2.05) is 0 Å². The van der Waals surface area contributed by atoms with Gasteiger partial charge in [0, 0.05) is 5.92 Å². The van der Waals surface area contributed by atoms with Crippen LogP contribution in [0.25, 0.3) is 0 Å². The zero-order valence-electron chi connectivity index (χ0n) is 18.2. The van der Waals surface area contributed by atoms with Gasteiger partial charge in [-0.2, -0.15) is 0 Å².